The molecule has 144 valence electrons. The van der Waals surface area contributed by atoms with Crippen LogP contribution in [0, 0.1) is 16.4 Å². The summed E-state index contributed by atoms with van der Waals surface area (Å²) in [6, 6.07) is 5.89. The quantitative estimate of drug-likeness (QED) is 0.663. The Morgan fingerprint density at radius 2 is 2.08 bits per heavy atom. The smallest absolute Gasteiger partial charge is 0.410 e. The third-order valence-corrected chi connectivity index (χ3v) is 5.32. The number of ether oxygens (including phenoxy) is 1. The number of carbonyl (C=O) groups is 2. The highest BCUT2D eigenvalue weighted by molar-refractivity contribution is 14.1. The van der Waals surface area contributed by atoms with Gasteiger partial charge in [0.15, 0.2) is 0 Å². The number of likely N-dealkylation sites (tertiary alicyclic amines) is 1. The van der Waals surface area contributed by atoms with Crippen LogP contribution < -0.4 is 5.32 Å². The lowest BCUT2D eigenvalue weighted by atomic mass is 9.95. The average molecular weight is 472 g/mol. The fourth-order valence-electron chi connectivity index (χ4n) is 3.09. The highest BCUT2D eigenvalue weighted by Crippen LogP contribution is 2.21. The maximum absolute atomic E-state index is 12.4. The van der Waals surface area contributed by atoms with E-state index in [1.165, 1.54) is 0 Å². The van der Waals surface area contributed by atoms with E-state index in [2.05, 4.69) is 27.9 Å². The molecule has 0 aromatic heterocycles. The van der Waals surface area contributed by atoms with Gasteiger partial charge in [0.05, 0.1) is 5.56 Å². The minimum absolute atomic E-state index is 0.0297. The standard InChI is InChI=1S/C20H29IN2O3/c1-14-7-8-17(21)16(12-14)18(24)22-10-9-15-6-5-11-23(13-15)19(25)26-20(2,3)4/h7-8,12,15H,5-6,9-11,13H2,1-4H3,(H,22,24). The SMILES string of the molecule is Cc1ccc(I)c(C(=O)NCCC2CCCN(C(=O)OC(C)(C)C)C2)c1. The molecule has 1 atom stereocenters. The van der Waals surface area contributed by atoms with E-state index >= 15 is 0 Å². The molecule has 1 aliphatic heterocycles. The Labute approximate surface area is 170 Å². The van der Waals surface area contributed by atoms with Crippen molar-refractivity contribution >= 4 is 34.6 Å². The summed E-state index contributed by atoms with van der Waals surface area (Å²) in [6.45, 7) is 9.71. The molecular formula is C20H29IN2O3. The Hall–Kier alpha value is -1.31. The minimum atomic E-state index is -0.469. The van der Waals surface area contributed by atoms with Gasteiger partial charge < -0.3 is 15.0 Å². The monoisotopic (exact) mass is 472 g/mol. The van der Waals surface area contributed by atoms with Crippen molar-refractivity contribution in [3.8, 4) is 0 Å². The molecule has 0 radical (unpaired) electrons. The molecule has 2 amide bonds. The van der Waals surface area contributed by atoms with Crippen molar-refractivity contribution in [2.45, 2.75) is 52.6 Å². The molecule has 1 saturated heterocycles. The van der Waals surface area contributed by atoms with E-state index in [1.54, 1.807) is 4.90 Å². The highest BCUT2D eigenvalue weighted by atomic mass is 127. The number of hydrogen-bond acceptors (Lipinski definition) is 3. The van der Waals surface area contributed by atoms with Gasteiger partial charge in [0, 0.05) is 23.2 Å². The van der Waals surface area contributed by atoms with Crippen molar-refractivity contribution in [1.29, 1.82) is 0 Å². The van der Waals surface area contributed by atoms with Gasteiger partial charge in [-0.25, -0.2) is 4.79 Å². The van der Waals surface area contributed by atoms with Crippen LogP contribution in [0.5, 0.6) is 0 Å². The molecule has 0 bridgehead atoms. The molecule has 1 N–H and O–H groups in total. The maximum atomic E-state index is 12.4. The van der Waals surface area contributed by atoms with E-state index in [-0.39, 0.29) is 12.0 Å². The first kappa shape index (κ1) is 21.0. The van der Waals surface area contributed by atoms with Crippen LogP contribution in [0.3, 0.4) is 0 Å². The fourth-order valence-corrected chi connectivity index (χ4v) is 3.67. The number of aryl methyl sites for hydroxylation is 1. The topological polar surface area (TPSA) is 58.6 Å². The van der Waals surface area contributed by atoms with Crippen molar-refractivity contribution < 1.29 is 14.3 Å². The molecule has 5 nitrogen and oxygen atoms in total. The number of amides is 2. The van der Waals surface area contributed by atoms with Crippen LogP contribution >= 0.6 is 22.6 Å². The zero-order chi connectivity index (χ0) is 19.3. The number of nitrogens with one attached hydrogen (secondary N) is 1. The van der Waals surface area contributed by atoms with Crippen molar-refractivity contribution in [2.75, 3.05) is 19.6 Å². The zero-order valence-corrected chi connectivity index (χ0v) is 18.3. The first-order chi connectivity index (χ1) is 12.2. The number of carbonyl (C=O) groups excluding carboxylic acids is 2. The Bertz CT molecular complexity index is 655. The molecule has 1 heterocycles. The first-order valence-electron chi connectivity index (χ1n) is 9.18. The predicted molar refractivity (Wildman–Crippen MR) is 111 cm³/mol. The third kappa shape index (κ3) is 6.45. The van der Waals surface area contributed by atoms with E-state index in [1.807, 2.05) is 45.9 Å². The van der Waals surface area contributed by atoms with E-state index in [0.29, 0.717) is 19.0 Å². The Kier molecular flexibility index (Phi) is 7.32. The van der Waals surface area contributed by atoms with Crippen molar-refractivity contribution in [3.63, 3.8) is 0 Å². The minimum Gasteiger partial charge on any atom is -0.444 e. The van der Waals surface area contributed by atoms with E-state index < -0.39 is 5.60 Å². The summed E-state index contributed by atoms with van der Waals surface area (Å²) in [4.78, 5) is 26.4. The van der Waals surface area contributed by atoms with Crippen LogP contribution in [0.4, 0.5) is 4.79 Å². The molecule has 2 rings (SSSR count). The van der Waals surface area contributed by atoms with Crippen LogP contribution in [-0.4, -0.2) is 42.1 Å². The van der Waals surface area contributed by atoms with Gasteiger partial charge in [0.2, 0.25) is 0 Å². The molecule has 1 aromatic rings. The highest BCUT2D eigenvalue weighted by Gasteiger charge is 2.27. The van der Waals surface area contributed by atoms with E-state index in [0.717, 1.165) is 40.5 Å². The number of benzene rings is 1. The van der Waals surface area contributed by atoms with Gasteiger partial charge >= 0.3 is 6.09 Å². The summed E-state index contributed by atoms with van der Waals surface area (Å²) < 4.78 is 6.42. The van der Waals surface area contributed by atoms with Gasteiger partial charge in [0.1, 0.15) is 5.60 Å². The predicted octanol–water partition coefficient (Wildman–Crippen LogP) is 4.37. The van der Waals surface area contributed by atoms with Gasteiger partial charge in [0.25, 0.3) is 5.91 Å². The molecule has 1 aliphatic rings. The molecule has 1 aromatic carbocycles. The van der Waals surface area contributed by atoms with Gasteiger partial charge in [-0.05, 0) is 87.6 Å². The van der Waals surface area contributed by atoms with Crippen molar-refractivity contribution in [2.24, 2.45) is 5.92 Å². The summed E-state index contributed by atoms with van der Waals surface area (Å²) in [5.74, 6) is 0.367. The van der Waals surface area contributed by atoms with Gasteiger partial charge in [-0.2, -0.15) is 0 Å². The van der Waals surface area contributed by atoms with Gasteiger partial charge in [-0.3, -0.25) is 4.79 Å². The average Bonchev–Trinajstić information content (AvgIpc) is 2.55. The molecule has 6 heteroatoms. The largest absolute Gasteiger partial charge is 0.444 e. The summed E-state index contributed by atoms with van der Waals surface area (Å²) in [5.41, 5.74) is 1.34. The second kappa shape index (κ2) is 9.06. The summed E-state index contributed by atoms with van der Waals surface area (Å²) in [5, 5.41) is 3.02. The van der Waals surface area contributed by atoms with Crippen LogP contribution in [0.2, 0.25) is 0 Å². The number of rotatable bonds is 4. The normalized spacial score (nSPS) is 17.7. The van der Waals surface area contributed by atoms with Crippen LogP contribution in [0.15, 0.2) is 18.2 Å². The molecule has 0 spiro atoms. The maximum Gasteiger partial charge on any atom is 0.410 e. The number of halogens is 1. The van der Waals surface area contributed by atoms with E-state index in [9.17, 15) is 9.59 Å². The van der Waals surface area contributed by atoms with Crippen LogP contribution in [-0.2, 0) is 4.74 Å². The summed E-state index contributed by atoms with van der Waals surface area (Å²) in [6.07, 6.45) is 2.69. The lowest BCUT2D eigenvalue weighted by Gasteiger charge is -2.34. The second-order valence-electron chi connectivity index (χ2n) is 7.96. The lowest BCUT2D eigenvalue weighted by molar-refractivity contribution is 0.0161. The molecule has 26 heavy (non-hydrogen) atoms. The first-order valence-corrected chi connectivity index (χ1v) is 10.3. The number of hydrogen-bond donors (Lipinski definition) is 1. The Balaban J connectivity index is 1.81. The van der Waals surface area contributed by atoms with Crippen molar-refractivity contribution in [1.82, 2.24) is 10.2 Å². The molecule has 1 unspecified atom stereocenters. The van der Waals surface area contributed by atoms with Gasteiger partial charge in [-0.15, -0.1) is 0 Å². The fraction of sp³-hybridized carbons (Fsp3) is 0.600. The molecule has 0 aliphatic carbocycles. The molecule has 0 saturated carbocycles. The number of nitrogens with zero attached hydrogens (tertiary/aromatic N) is 1. The zero-order valence-electron chi connectivity index (χ0n) is 16.1. The Morgan fingerprint density at radius 3 is 2.77 bits per heavy atom. The third-order valence-electron chi connectivity index (χ3n) is 4.38. The Morgan fingerprint density at radius 1 is 1.35 bits per heavy atom. The molecule has 1 fully saturated rings. The second-order valence-corrected chi connectivity index (χ2v) is 9.12. The lowest BCUT2D eigenvalue weighted by Crippen LogP contribution is -2.43. The van der Waals surface area contributed by atoms with Gasteiger partial charge in [-0.1, -0.05) is 11.6 Å². The number of piperidine rings is 1. The molecular weight excluding hydrogens is 443 g/mol. The summed E-state index contributed by atoms with van der Waals surface area (Å²) in [7, 11) is 0. The summed E-state index contributed by atoms with van der Waals surface area (Å²) >= 11 is 2.19. The van der Waals surface area contributed by atoms with Crippen LogP contribution in [0.25, 0.3) is 0 Å². The van der Waals surface area contributed by atoms with Crippen molar-refractivity contribution in [3.05, 3.63) is 32.9 Å². The van der Waals surface area contributed by atoms with Crippen LogP contribution in [0.1, 0.15) is 56.0 Å². The van der Waals surface area contributed by atoms with E-state index in [4.69, 9.17) is 4.74 Å².